The Morgan fingerprint density at radius 3 is 2.53 bits per heavy atom. The molecule has 1 atom stereocenters. The average Bonchev–Trinajstić information content (AvgIpc) is 2.30. The average molecular weight is 267 g/mol. The summed E-state index contributed by atoms with van der Waals surface area (Å²) in [5.41, 5.74) is -0.231. The van der Waals surface area contributed by atoms with Crippen molar-refractivity contribution in [2.45, 2.75) is 33.7 Å². The third-order valence-corrected chi connectivity index (χ3v) is 3.04. The summed E-state index contributed by atoms with van der Waals surface area (Å²) in [6, 6.07) is 0.0384. The van der Waals surface area contributed by atoms with E-state index in [1.54, 1.807) is 10.8 Å². The Labute approximate surface area is 112 Å². The van der Waals surface area contributed by atoms with Crippen molar-refractivity contribution in [2.24, 2.45) is 11.8 Å². The molecule has 106 valence electrons. The van der Waals surface area contributed by atoms with Gasteiger partial charge in [0.1, 0.15) is 0 Å². The van der Waals surface area contributed by atoms with Crippen molar-refractivity contribution >= 4 is 11.8 Å². The molecule has 0 bridgehead atoms. The number of nitrogens with one attached hydrogen (secondary N) is 1. The van der Waals surface area contributed by atoms with Gasteiger partial charge in [0.15, 0.2) is 5.82 Å². The van der Waals surface area contributed by atoms with E-state index in [0.29, 0.717) is 0 Å². The fraction of sp³-hybridized carbons (Fsp3) is 0.615. The van der Waals surface area contributed by atoms with Gasteiger partial charge in [0.2, 0.25) is 0 Å². The van der Waals surface area contributed by atoms with E-state index in [9.17, 15) is 9.59 Å². The molecule has 0 fully saturated rings. The van der Waals surface area contributed by atoms with Gasteiger partial charge in [-0.05, 0) is 19.8 Å². The first-order valence-electron chi connectivity index (χ1n) is 6.38. The van der Waals surface area contributed by atoms with E-state index in [2.05, 4.69) is 10.3 Å². The Morgan fingerprint density at radius 2 is 2.05 bits per heavy atom. The van der Waals surface area contributed by atoms with Crippen molar-refractivity contribution in [1.82, 2.24) is 9.55 Å². The highest BCUT2D eigenvalue weighted by Crippen LogP contribution is 2.11. The van der Waals surface area contributed by atoms with E-state index in [1.165, 1.54) is 6.20 Å². The molecule has 0 amide bonds. The van der Waals surface area contributed by atoms with Crippen LogP contribution in [0.2, 0.25) is 0 Å². The standard InChI is InChI=1S/C13H21N3O3/c1-8(2)10(13(18)19)7-15-11-12(17)16(9(3)4)6-5-14-11/h5-6,8-10H,7H2,1-4H3,(H,14,15)(H,18,19). The maximum Gasteiger partial charge on any atom is 0.308 e. The summed E-state index contributed by atoms with van der Waals surface area (Å²) in [5.74, 6) is -1.24. The first-order chi connectivity index (χ1) is 8.84. The van der Waals surface area contributed by atoms with Gasteiger partial charge >= 0.3 is 5.97 Å². The molecule has 1 rings (SSSR count). The maximum absolute atomic E-state index is 12.1. The number of carboxylic acid groups (broad SMARTS) is 1. The first-order valence-corrected chi connectivity index (χ1v) is 6.38. The third-order valence-electron chi connectivity index (χ3n) is 3.04. The van der Waals surface area contributed by atoms with Crippen LogP contribution in [0.4, 0.5) is 5.82 Å². The van der Waals surface area contributed by atoms with Crippen LogP contribution in [0.15, 0.2) is 17.2 Å². The molecule has 6 nitrogen and oxygen atoms in total. The number of carboxylic acids is 1. The number of hydrogen-bond donors (Lipinski definition) is 2. The summed E-state index contributed by atoms with van der Waals surface area (Å²) >= 11 is 0. The second kappa shape index (κ2) is 6.36. The minimum Gasteiger partial charge on any atom is -0.481 e. The second-order valence-electron chi connectivity index (χ2n) is 5.15. The molecular weight excluding hydrogens is 246 g/mol. The van der Waals surface area contributed by atoms with Crippen LogP contribution >= 0.6 is 0 Å². The number of aromatic nitrogens is 2. The van der Waals surface area contributed by atoms with Gasteiger partial charge in [-0.25, -0.2) is 4.98 Å². The van der Waals surface area contributed by atoms with Gasteiger partial charge in [-0.15, -0.1) is 0 Å². The molecule has 0 aliphatic heterocycles. The molecule has 0 saturated carbocycles. The lowest BCUT2D eigenvalue weighted by Gasteiger charge is -2.17. The molecule has 1 aromatic heterocycles. The zero-order chi connectivity index (χ0) is 14.6. The predicted molar refractivity (Wildman–Crippen MR) is 73.3 cm³/mol. The summed E-state index contributed by atoms with van der Waals surface area (Å²) in [4.78, 5) is 27.1. The molecule has 6 heteroatoms. The second-order valence-corrected chi connectivity index (χ2v) is 5.15. The summed E-state index contributed by atoms with van der Waals surface area (Å²) in [7, 11) is 0. The van der Waals surface area contributed by atoms with Gasteiger partial charge in [-0.2, -0.15) is 0 Å². The predicted octanol–water partition coefficient (Wildman–Crippen LogP) is 1.59. The number of nitrogens with zero attached hydrogens (tertiary/aromatic N) is 2. The molecule has 1 aromatic rings. The molecule has 1 unspecified atom stereocenters. The van der Waals surface area contributed by atoms with Crippen molar-refractivity contribution in [3.05, 3.63) is 22.7 Å². The number of hydrogen-bond acceptors (Lipinski definition) is 4. The Morgan fingerprint density at radius 1 is 1.42 bits per heavy atom. The fourth-order valence-electron chi connectivity index (χ4n) is 1.77. The molecule has 0 radical (unpaired) electrons. The number of rotatable bonds is 6. The van der Waals surface area contributed by atoms with Gasteiger partial charge in [-0.1, -0.05) is 13.8 Å². The lowest BCUT2D eigenvalue weighted by molar-refractivity contribution is -0.142. The lowest BCUT2D eigenvalue weighted by atomic mass is 9.96. The molecule has 0 saturated heterocycles. The fourth-order valence-corrected chi connectivity index (χ4v) is 1.77. The molecule has 1 heterocycles. The highest BCUT2D eigenvalue weighted by molar-refractivity contribution is 5.71. The normalized spacial score (nSPS) is 12.7. The van der Waals surface area contributed by atoms with E-state index >= 15 is 0 Å². The highest BCUT2D eigenvalue weighted by atomic mass is 16.4. The number of carbonyl (C=O) groups is 1. The third kappa shape index (κ3) is 3.81. The van der Waals surface area contributed by atoms with Gasteiger partial charge in [-0.3, -0.25) is 9.59 Å². The molecule has 0 aliphatic carbocycles. The molecule has 2 N–H and O–H groups in total. The highest BCUT2D eigenvalue weighted by Gasteiger charge is 2.21. The van der Waals surface area contributed by atoms with Gasteiger partial charge in [0.05, 0.1) is 5.92 Å². The van der Waals surface area contributed by atoms with Crippen LogP contribution in [0.1, 0.15) is 33.7 Å². The maximum atomic E-state index is 12.1. The summed E-state index contributed by atoms with van der Waals surface area (Å²) in [6.07, 6.45) is 3.16. The minimum absolute atomic E-state index is 0.0129. The van der Waals surface area contributed by atoms with Crippen molar-refractivity contribution < 1.29 is 9.90 Å². The van der Waals surface area contributed by atoms with Crippen LogP contribution in [-0.4, -0.2) is 27.2 Å². The smallest absolute Gasteiger partial charge is 0.308 e. The summed E-state index contributed by atoms with van der Waals surface area (Å²) in [5, 5.41) is 11.9. The van der Waals surface area contributed by atoms with Crippen LogP contribution in [0.25, 0.3) is 0 Å². The minimum atomic E-state index is -0.873. The van der Waals surface area contributed by atoms with Crippen LogP contribution in [0, 0.1) is 11.8 Å². The van der Waals surface area contributed by atoms with Gasteiger partial charge in [0, 0.05) is 25.0 Å². The van der Waals surface area contributed by atoms with E-state index in [1.807, 2.05) is 27.7 Å². The van der Waals surface area contributed by atoms with Gasteiger partial charge in [0.25, 0.3) is 5.56 Å². The van der Waals surface area contributed by atoms with E-state index in [0.717, 1.165) is 0 Å². The monoisotopic (exact) mass is 267 g/mol. The molecule has 0 aliphatic rings. The molecule has 0 aromatic carbocycles. The van der Waals surface area contributed by atoms with E-state index < -0.39 is 11.9 Å². The van der Waals surface area contributed by atoms with Crippen LogP contribution in [-0.2, 0) is 4.79 Å². The van der Waals surface area contributed by atoms with Crippen LogP contribution in [0.3, 0.4) is 0 Å². The largest absolute Gasteiger partial charge is 0.481 e. The molecule has 19 heavy (non-hydrogen) atoms. The Balaban J connectivity index is 2.86. The Kier molecular flexibility index (Phi) is 5.09. The Bertz CT molecular complexity index is 494. The van der Waals surface area contributed by atoms with E-state index in [4.69, 9.17) is 5.11 Å². The molecule has 0 spiro atoms. The quantitative estimate of drug-likeness (QED) is 0.817. The van der Waals surface area contributed by atoms with Crippen molar-refractivity contribution in [3.8, 4) is 0 Å². The number of aliphatic carboxylic acids is 1. The van der Waals surface area contributed by atoms with E-state index in [-0.39, 0.29) is 29.9 Å². The van der Waals surface area contributed by atoms with Crippen molar-refractivity contribution in [3.63, 3.8) is 0 Å². The van der Waals surface area contributed by atoms with Crippen molar-refractivity contribution in [2.75, 3.05) is 11.9 Å². The lowest BCUT2D eigenvalue weighted by Crippen LogP contribution is -2.31. The first kappa shape index (κ1) is 15.2. The van der Waals surface area contributed by atoms with Crippen LogP contribution < -0.4 is 10.9 Å². The Hall–Kier alpha value is -1.85. The summed E-state index contributed by atoms with van der Waals surface area (Å²) < 4.78 is 1.56. The SMILES string of the molecule is CC(C)C(CNc1nccn(C(C)C)c1=O)C(=O)O. The van der Waals surface area contributed by atoms with Gasteiger partial charge < -0.3 is 15.0 Å². The zero-order valence-corrected chi connectivity index (χ0v) is 11.8. The number of anilines is 1. The zero-order valence-electron chi connectivity index (χ0n) is 11.8. The molecular formula is C13H21N3O3. The van der Waals surface area contributed by atoms with Crippen LogP contribution in [0.5, 0.6) is 0 Å². The van der Waals surface area contributed by atoms with Crippen molar-refractivity contribution in [1.29, 1.82) is 0 Å². The summed E-state index contributed by atoms with van der Waals surface area (Å²) in [6.45, 7) is 7.67. The topological polar surface area (TPSA) is 84.2 Å².